The predicted molar refractivity (Wildman–Crippen MR) is 72.3 cm³/mol. The minimum Gasteiger partial charge on any atom is -0.144 e. The molecule has 0 N–H and O–H groups in total. The monoisotopic (exact) mass is 230 g/mol. The lowest BCUT2D eigenvalue weighted by atomic mass is 9.74. The Morgan fingerprint density at radius 3 is 2.81 bits per heavy atom. The Morgan fingerprint density at radius 1 is 1.31 bits per heavy atom. The van der Waals surface area contributed by atoms with Crippen molar-refractivity contribution in [3.8, 4) is 0 Å². The molecule has 2 aromatic rings. The van der Waals surface area contributed by atoms with Gasteiger partial charge in [0.05, 0.1) is 0 Å². The molecule has 1 aliphatic rings. The predicted octanol–water partition coefficient (Wildman–Crippen LogP) is 5.11. The lowest BCUT2D eigenvalue weighted by molar-refractivity contribution is 0.273. The van der Waals surface area contributed by atoms with E-state index < -0.39 is 0 Å². The summed E-state index contributed by atoms with van der Waals surface area (Å²) < 4.78 is 1.46. The van der Waals surface area contributed by atoms with Gasteiger partial charge in [0.1, 0.15) is 0 Å². The van der Waals surface area contributed by atoms with Crippen LogP contribution in [-0.2, 0) is 0 Å². The van der Waals surface area contributed by atoms with E-state index in [9.17, 15) is 0 Å². The lowest BCUT2D eigenvalue weighted by Gasteiger charge is -2.31. The van der Waals surface area contributed by atoms with Crippen LogP contribution in [0.1, 0.15) is 43.2 Å². The van der Waals surface area contributed by atoms with Crippen LogP contribution in [0.15, 0.2) is 23.6 Å². The Balaban J connectivity index is 2.03. The lowest BCUT2D eigenvalue weighted by Crippen LogP contribution is -2.17. The summed E-state index contributed by atoms with van der Waals surface area (Å²) in [6, 6.07) is 6.87. The van der Waals surface area contributed by atoms with Gasteiger partial charge in [0.15, 0.2) is 0 Å². The molecule has 1 heterocycles. The fourth-order valence-electron chi connectivity index (χ4n) is 2.70. The second-order valence-corrected chi connectivity index (χ2v) is 6.08. The van der Waals surface area contributed by atoms with Crippen molar-refractivity contribution < 1.29 is 0 Å². The molecular formula is C15H18S. The summed E-state index contributed by atoms with van der Waals surface area (Å²) in [5, 5.41) is 3.88. The van der Waals surface area contributed by atoms with E-state index in [-0.39, 0.29) is 0 Å². The van der Waals surface area contributed by atoms with E-state index in [0.717, 1.165) is 11.8 Å². The maximum Gasteiger partial charge on any atom is 0.0348 e. The van der Waals surface area contributed by atoms with E-state index in [1.54, 1.807) is 5.56 Å². The summed E-state index contributed by atoms with van der Waals surface area (Å²) in [5.41, 5.74) is 2.96. The molecule has 84 valence electrons. The fraction of sp³-hybridized carbons (Fsp3) is 0.467. The summed E-state index contributed by atoms with van der Waals surface area (Å²) in [6.07, 6.45) is 4.31. The second kappa shape index (κ2) is 3.89. The van der Waals surface area contributed by atoms with Gasteiger partial charge in [0.2, 0.25) is 0 Å². The first-order valence-corrected chi connectivity index (χ1v) is 7.11. The molecular weight excluding hydrogens is 212 g/mol. The highest BCUT2D eigenvalue weighted by atomic mass is 32.1. The van der Waals surface area contributed by atoms with E-state index in [2.05, 4.69) is 37.4 Å². The Morgan fingerprint density at radius 2 is 2.12 bits per heavy atom. The van der Waals surface area contributed by atoms with Crippen molar-refractivity contribution in [2.75, 3.05) is 0 Å². The third kappa shape index (κ3) is 1.58. The van der Waals surface area contributed by atoms with Crippen molar-refractivity contribution in [1.82, 2.24) is 0 Å². The number of aryl methyl sites for hydroxylation is 1. The van der Waals surface area contributed by atoms with Crippen LogP contribution in [0.5, 0.6) is 0 Å². The number of benzene rings is 1. The molecule has 1 atom stereocenters. The van der Waals surface area contributed by atoms with Crippen LogP contribution in [0.3, 0.4) is 0 Å². The maximum atomic E-state index is 2.41. The van der Waals surface area contributed by atoms with Gasteiger partial charge in [-0.1, -0.05) is 25.5 Å². The zero-order valence-corrected chi connectivity index (χ0v) is 10.8. The highest BCUT2D eigenvalue weighted by Gasteiger charge is 2.26. The molecule has 0 radical (unpaired) electrons. The van der Waals surface area contributed by atoms with Crippen molar-refractivity contribution >= 4 is 21.4 Å². The fourth-order valence-corrected chi connectivity index (χ4v) is 3.86. The molecule has 0 saturated heterocycles. The van der Waals surface area contributed by atoms with Crippen LogP contribution >= 0.6 is 11.3 Å². The van der Waals surface area contributed by atoms with Crippen LogP contribution < -0.4 is 0 Å². The normalized spacial score (nSPS) is 18.6. The van der Waals surface area contributed by atoms with Crippen molar-refractivity contribution in [2.24, 2.45) is 5.92 Å². The van der Waals surface area contributed by atoms with E-state index >= 15 is 0 Å². The SMILES string of the molecule is Cc1ccc2c(C(C)C3CCC3)csc2c1. The molecule has 0 aliphatic heterocycles. The Hall–Kier alpha value is -0.820. The first kappa shape index (κ1) is 10.3. The van der Waals surface area contributed by atoms with Crippen molar-refractivity contribution in [3.05, 3.63) is 34.7 Å². The molecule has 16 heavy (non-hydrogen) atoms. The topological polar surface area (TPSA) is 0 Å². The van der Waals surface area contributed by atoms with Gasteiger partial charge in [-0.3, -0.25) is 0 Å². The summed E-state index contributed by atoms with van der Waals surface area (Å²) in [4.78, 5) is 0. The maximum absolute atomic E-state index is 2.41. The van der Waals surface area contributed by atoms with E-state index in [4.69, 9.17) is 0 Å². The number of hydrogen-bond acceptors (Lipinski definition) is 1. The van der Waals surface area contributed by atoms with Crippen LogP contribution in [0.4, 0.5) is 0 Å². The molecule has 1 aromatic heterocycles. The highest BCUT2D eigenvalue weighted by molar-refractivity contribution is 7.17. The molecule has 0 nitrogen and oxygen atoms in total. The van der Waals surface area contributed by atoms with Gasteiger partial charge in [-0.05, 0) is 59.6 Å². The molecule has 1 aromatic carbocycles. The molecule has 0 spiro atoms. The summed E-state index contributed by atoms with van der Waals surface area (Å²) >= 11 is 1.91. The summed E-state index contributed by atoms with van der Waals surface area (Å²) in [6.45, 7) is 4.58. The third-order valence-electron chi connectivity index (χ3n) is 4.11. The van der Waals surface area contributed by atoms with Crippen LogP contribution in [-0.4, -0.2) is 0 Å². The molecule has 0 amide bonds. The Kier molecular flexibility index (Phi) is 2.51. The molecule has 1 fully saturated rings. The Labute approximate surface area is 101 Å². The average Bonchev–Trinajstić information content (AvgIpc) is 2.57. The highest BCUT2D eigenvalue weighted by Crippen LogP contribution is 2.42. The van der Waals surface area contributed by atoms with Crippen molar-refractivity contribution in [1.29, 1.82) is 0 Å². The first-order valence-electron chi connectivity index (χ1n) is 6.23. The van der Waals surface area contributed by atoms with Crippen LogP contribution in [0.25, 0.3) is 10.1 Å². The smallest absolute Gasteiger partial charge is 0.0348 e. The van der Waals surface area contributed by atoms with Crippen LogP contribution in [0, 0.1) is 12.8 Å². The molecule has 1 aliphatic carbocycles. The van der Waals surface area contributed by atoms with E-state index in [1.165, 1.54) is 34.9 Å². The minimum absolute atomic E-state index is 0.755. The summed E-state index contributed by atoms with van der Waals surface area (Å²) in [7, 11) is 0. The zero-order valence-electron chi connectivity index (χ0n) is 9.99. The minimum atomic E-state index is 0.755. The molecule has 1 saturated carbocycles. The zero-order chi connectivity index (χ0) is 11.1. The van der Waals surface area contributed by atoms with Gasteiger partial charge in [-0.25, -0.2) is 0 Å². The van der Waals surface area contributed by atoms with Crippen molar-refractivity contribution in [3.63, 3.8) is 0 Å². The van der Waals surface area contributed by atoms with Gasteiger partial charge in [0, 0.05) is 4.70 Å². The molecule has 3 rings (SSSR count). The van der Waals surface area contributed by atoms with Gasteiger partial charge < -0.3 is 0 Å². The average molecular weight is 230 g/mol. The molecule has 1 heteroatoms. The van der Waals surface area contributed by atoms with E-state index in [0.29, 0.717) is 0 Å². The third-order valence-corrected chi connectivity index (χ3v) is 5.07. The van der Waals surface area contributed by atoms with Crippen molar-refractivity contribution in [2.45, 2.75) is 39.0 Å². The van der Waals surface area contributed by atoms with Gasteiger partial charge in [-0.2, -0.15) is 0 Å². The van der Waals surface area contributed by atoms with Gasteiger partial charge in [-0.15, -0.1) is 11.3 Å². The van der Waals surface area contributed by atoms with Crippen LogP contribution in [0.2, 0.25) is 0 Å². The number of hydrogen-bond donors (Lipinski definition) is 0. The Bertz CT molecular complexity index is 505. The quantitative estimate of drug-likeness (QED) is 0.672. The molecule has 1 unspecified atom stereocenters. The number of fused-ring (bicyclic) bond motifs is 1. The largest absolute Gasteiger partial charge is 0.144 e. The number of thiophene rings is 1. The second-order valence-electron chi connectivity index (χ2n) is 5.17. The standard InChI is InChI=1S/C15H18S/c1-10-6-7-13-14(9-16-15(13)8-10)11(2)12-4-3-5-12/h6-9,11-12H,3-5H2,1-2H3. The first-order chi connectivity index (χ1) is 7.75. The summed E-state index contributed by atoms with van der Waals surface area (Å²) in [5.74, 6) is 1.70. The molecule has 0 bridgehead atoms. The van der Waals surface area contributed by atoms with Gasteiger partial charge >= 0.3 is 0 Å². The van der Waals surface area contributed by atoms with E-state index in [1.807, 2.05) is 11.3 Å². The number of rotatable bonds is 2. The van der Waals surface area contributed by atoms with Gasteiger partial charge in [0.25, 0.3) is 0 Å².